The highest BCUT2D eigenvalue weighted by molar-refractivity contribution is 9.10. The van der Waals surface area contributed by atoms with E-state index in [1.54, 1.807) is 0 Å². The molecule has 0 amide bonds. The van der Waals surface area contributed by atoms with Crippen molar-refractivity contribution in [3.63, 3.8) is 0 Å². The highest BCUT2D eigenvalue weighted by atomic mass is 79.9. The van der Waals surface area contributed by atoms with Gasteiger partial charge in [0.1, 0.15) is 6.04 Å². The summed E-state index contributed by atoms with van der Waals surface area (Å²) in [6.07, 6.45) is 3.94. The third kappa shape index (κ3) is 3.85. The van der Waals surface area contributed by atoms with Crippen LogP contribution in [0.3, 0.4) is 0 Å². The number of rotatable bonds is 4. The minimum absolute atomic E-state index is 0.0581. The second-order valence-electron chi connectivity index (χ2n) is 8.12. The number of nitrogens with zero attached hydrogens (tertiary/aromatic N) is 3. The van der Waals surface area contributed by atoms with Gasteiger partial charge in [-0.1, -0.05) is 28.1 Å². The number of halogens is 1. The summed E-state index contributed by atoms with van der Waals surface area (Å²) < 4.78 is 3.29. The molecule has 4 aromatic rings. The molecule has 0 bridgehead atoms. The summed E-state index contributed by atoms with van der Waals surface area (Å²) in [5.74, 6) is 0. The van der Waals surface area contributed by atoms with Crippen LogP contribution in [-0.4, -0.2) is 14.7 Å². The lowest BCUT2D eigenvalue weighted by molar-refractivity contribution is 0.549. The van der Waals surface area contributed by atoms with Gasteiger partial charge in [-0.25, -0.2) is 0 Å². The lowest BCUT2D eigenvalue weighted by Crippen LogP contribution is -2.30. The molecule has 4 nitrogen and oxygen atoms in total. The van der Waals surface area contributed by atoms with E-state index in [1.807, 2.05) is 18.3 Å². The quantitative estimate of drug-likeness (QED) is 0.326. The van der Waals surface area contributed by atoms with Gasteiger partial charge in [0, 0.05) is 33.9 Å². The molecule has 2 aromatic heterocycles. The van der Waals surface area contributed by atoms with Gasteiger partial charge in [0.2, 0.25) is 0 Å². The average molecular weight is 503 g/mol. The molecule has 1 N–H and O–H groups in total. The Balaban J connectivity index is 1.68. The fraction of sp³-hybridized carbons (Fsp3) is 0.154. The molecule has 1 aliphatic heterocycles. The van der Waals surface area contributed by atoms with Crippen LogP contribution >= 0.6 is 28.1 Å². The third-order valence-electron chi connectivity index (χ3n) is 5.77. The number of aromatic nitrogens is 2. The fourth-order valence-electron chi connectivity index (χ4n) is 4.50. The first-order valence-electron chi connectivity index (χ1n) is 10.5. The van der Waals surface area contributed by atoms with Gasteiger partial charge in [0.05, 0.1) is 11.7 Å². The number of hydrogen-bond donors (Lipinski definition) is 1. The van der Waals surface area contributed by atoms with Crippen molar-refractivity contribution in [1.29, 1.82) is 0 Å². The number of thiocarbonyl (C=S) groups is 1. The summed E-state index contributed by atoms with van der Waals surface area (Å²) in [5, 5.41) is 4.27. The van der Waals surface area contributed by atoms with Gasteiger partial charge in [0.25, 0.3) is 0 Å². The van der Waals surface area contributed by atoms with Crippen LogP contribution in [-0.2, 0) is 0 Å². The Bertz CT molecular complexity index is 1250. The predicted octanol–water partition coefficient (Wildman–Crippen LogP) is 6.43. The molecule has 1 aliphatic rings. The molecule has 6 heteroatoms. The zero-order chi connectivity index (χ0) is 22.2. The molecule has 5 rings (SSSR count). The van der Waals surface area contributed by atoms with Crippen LogP contribution in [0.5, 0.6) is 0 Å². The molecule has 1 saturated heterocycles. The minimum atomic E-state index is -0.0754. The number of benzene rings is 2. The highest BCUT2D eigenvalue weighted by Gasteiger charge is 2.42. The van der Waals surface area contributed by atoms with Crippen molar-refractivity contribution >= 4 is 38.9 Å². The van der Waals surface area contributed by atoms with Crippen LogP contribution in [0, 0.1) is 13.8 Å². The lowest BCUT2D eigenvalue weighted by atomic mass is 10.00. The first-order valence-corrected chi connectivity index (χ1v) is 11.7. The predicted molar refractivity (Wildman–Crippen MR) is 137 cm³/mol. The lowest BCUT2D eigenvalue weighted by Gasteiger charge is -2.29. The number of nitrogens with one attached hydrogen (secondary N) is 1. The maximum Gasteiger partial charge on any atom is 0.174 e. The van der Waals surface area contributed by atoms with E-state index >= 15 is 0 Å². The third-order valence-corrected chi connectivity index (χ3v) is 6.61. The van der Waals surface area contributed by atoms with Crippen molar-refractivity contribution in [1.82, 2.24) is 14.9 Å². The number of pyridine rings is 1. The normalized spacial score (nSPS) is 18.1. The molecule has 0 saturated carbocycles. The zero-order valence-corrected chi connectivity index (χ0v) is 20.3. The Hall–Kier alpha value is -2.96. The van der Waals surface area contributed by atoms with E-state index in [0.717, 1.165) is 27.2 Å². The van der Waals surface area contributed by atoms with Crippen molar-refractivity contribution in [2.45, 2.75) is 25.9 Å². The molecule has 32 heavy (non-hydrogen) atoms. The van der Waals surface area contributed by atoms with Crippen molar-refractivity contribution in [2.24, 2.45) is 0 Å². The number of anilines is 1. The van der Waals surface area contributed by atoms with Gasteiger partial charge in [-0.05, 0) is 97.9 Å². The van der Waals surface area contributed by atoms with Crippen molar-refractivity contribution < 1.29 is 0 Å². The fourth-order valence-corrected chi connectivity index (χ4v) is 5.11. The van der Waals surface area contributed by atoms with Crippen LogP contribution in [0.4, 0.5) is 5.69 Å². The van der Waals surface area contributed by atoms with Crippen LogP contribution in [0.25, 0.3) is 5.69 Å². The van der Waals surface area contributed by atoms with Crippen LogP contribution in [0.15, 0.2) is 89.7 Å². The van der Waals surface area contributed by atoms with E-state index in [-0.39, 0.29) is 12.1 Å². The summed E-state index contributed by atoms with van der Waals surface area (Å²) in [6.45, 7) is 4.25. The van der Waals surface area contributed by atoms with E-state index in [0.29, 0.717) is 5.11 Å². The summed E-state index contributed by atoms with van der Waals surface area (Å²) in [4.78, 5) is 6.90. The van der Waals surface area contributed by atoms with Gasteiger partial charge in [-0.15, -0.1) is 0 Å². The van der Waals surface area contributed by atoms with Crippen LogP contribution < -0.4 is 10.2 Å². The average Bonchev–Trinajstić information content (AvgIpc) is 3.38. The van der Waals surface area contributed by atoms with E-state index in [9.17, 15) is 0 Å². The molecule has 3 heterocycles. The Kier molecular flexibility index (Phi) is 5.57. The number of hydrogen-bond acceptors (Lipinski definition) is 2. The monoisotopic (exact) mass is 502 g/mol. The zero-order valence-electron chi connectivity index (χ0n) is 17.9. The van der Waals surface area contributed by atoms with Crippen molar-refractivity contribution in [2.75, 3.05) is 4.90 Å². The highest BCUT2D eigenvalue weighted by Crippen LogP contribution is 2.42. The van der Waals surface area contributed by atoms with Gasteiger partial charge < -0.3 is 14.8 Å². The van der Waals surface area contributed by atoms with Crippen molar-refractivity contribution in [3.8, 4) is 5.69 Å². The summed E-state index contributed by atoms with van der Waals surface area (Å²) in [7, 11) is 0. The largest absolute Gasteiger partial charge is 0.351 e. The molecule has 2 atom stereocenters. The maximum atomic E-state index is 5.89. The van der Waals surface area contributed by atoms with Gasteiger partial charge in [-0.3, -0.25) is 4.98 Å². The molecule has 0 unspecified atom stereocenters. The Morgan fingerprint density at radius 2 is 1.66 bits per heavy atom. The molecule has 0 radical (unpaired) electrons. The standard InChI is InChI=1S/C26H23BrN4S/c1-17-14-18(2)16-21(15-17)31-25(24(29-26(31)32)22-6-3-4-12-28-22)23-7-5-13-30(23)20-10-8-19(27)9-11-20/h3-16,24-25H,1-2H3,(H,29,32)/t24-,25+/m0/s1. The summed E-state index contributed by atoms with van der Waals surface area (Å²) >= 11 is 9.43. The van der Waals surface area contributed by atoms with E-state index in [1.165, 1.54) is 11.1 Å². The first kappa shape index (κ1) is 20.9. The smallest absolute Gasteiger partial charge is 0.174 e. The SMILES string of the molecule is Cc1cc(C)cc(N2C(=S)N[C@@H](c3ccccn3)[C@H]2c2cccn2-c2ccc(Br)cc2)c1. The Morgan fingerprint density at radius 3 is 2.34 bits per heavy atom. The van der Waals surface area contributed by atoms with E-state index in [2.05, 4.69) is 116 Å². The van der Waals surface area contributed by atoms with Crippen LogP contribution in [0.2, 0.25) is 0 Å². The second kappa shape index (κ2) is 8.52. The van der Waals surface area contributed by atoms with E-state index in [4.69, 9.17) is 12.2 Å². The maximum absolute atomic E-state index is 5.89. The molecular weight excluding hydrogens is 480 g/mol. The number of aryl methyl sites for hydroxylation is 2. The first-order chi connectivity index (χ1) is 15.5. The molecule has 1 fully saturated rings. The topological polar surface area (TPSA) is 33.1 Å². The van der Waals surface area contributed by atoms with Crippen LogP contribution in [0.1, 0.15) is 34.6 Å². The minimum Gasteiger partial charge on any atom is -0.351 e. The van der Waals surface area contributed by atoms with Gasteiger partial charge in [-0.2, -0.15) is 0 Å². The Morgan fingerprint density at radius 1 is 0.906 bits per heavy atom. The Labute approximate surface area is 202 Å². The molecule has 0 spiro atoms. The molecule has 2 aromatic carbocycles. The molecular formula is C26H23BrN4S. The summed E-state index contributed by atoms with van der Waals surface area (Å²) in [6, 6.07) is 25.1. The second-order valence-corrected chi connectivity index (χ2v) is 9.42. The van der Waals surface area contributed by atoms with E-state index < -0.39 is 0 Å². The van der Waals surface area contributed by atoms with Crippen molar-refractivity contribution in [3.05, 3.63) is 112 Å². The molecule has 0 aliphatic carbocycles. The molecule has 160 valence electrons. The van der Waals surface area contributed by atoms with Gasteiger partial charge in [0.15, 0.2) is 5.11 Å². The van der Waals surface area contributed by atoms with Gasteiger partial charge >= 0.3 is 0 Å². The summed E-state index contributed by atoms with van der Waals surface area (Å²) in [5.41, 5.74) is 6.74.